The minimum absolute atomic E-state index is 0.251. The molecule has 2 aliphatic rings. The molecule has 2 heterocycles. The molecule has 2 aromatic rings. The molecule has 1 unspecified atom stereocenters. The van der Waals surface area contributed by atoms with Crippen molar-refractivity contribution >= 4 is 5.91 Å². The van der Waals surface area contributed by atoms with Gasteiger partial charge < -0.3 is 20.3 Å². The zero-order valence-electron chi connectivity index (χ0n) is 14.5. The van der Waals surface area contributed by atoms with Crippen LogP contribution in [-0.4, -0.2) is 22.6 Å². The molecule has 1 aliphatic heterocycles. The van der Waals surface area contributed by atoms with Gasteiger partial charge in [-0.1, -0.05) is 25.3 Å². The fourth-order valence-corrected chi connectivity index (χ4v) is 3.78. The number of ether oxygens (including phenoxy) is 2. The summed E-state index contributed by atoms with van der Waals surface area (Å²) in [4.78, 5) is 15.8. The Kier molecular flexibility index (Phi) is 4.28. The predicted octanol–water partition coefficient (Wildman–Crippen LogP) is 2.84. The number of aromatic nitrogens is 1. The fourth-order valence-electron chi connectivity index (χ4n) is 3.78. The van der Waals surface area contributed by atoms with Crippen molar-refractivity contribution in [2.45, 2.75) is 43.8 Å². The van der Waals surface area contributed by atoms with Gasteiger partial charge in [0.1, 0.15) is 6.61 Å². The van der Waals surface area contributed by atoms with Crippen LogP contribution in [0.5, 0.6) is 11.5 Å². The number of hydrogen-bond acceptors (Lipinski definition) is 5. The van der Waals surface area contributed by atoms with Crippen molar-refractivity contribution in [1.29, 1.82) is 0 Å². The second kappa shape index (κ2) is 6.61. The number of amides is 1. The molecule has 0 bridgehead atoms. The van der Waals surface area contributed by atoms with Gasteiger partial charge in [-0.05, 0) is 31.0 Å². The quantitative estimate of drug-likeness (QED) is 0.884. The lowest BCUT2D eigenvalue weighted by Gasteiger charge is -2.33. The number of fused-ring (bicyclic) bond motifs is 1. The van der Waals surface area contributed by atoms with Crippen molar-refractivity contribution in [3.05, 3.63) is 53.3 Å². The largest absolute Gasteiger partial charge is 0.485 e. The number of carbonyl (C=O) groups is 1. The number of aliphatic hydroxyl groups is 1. The number of para-hydroxylation sites is 1. The summed E-state index contributed by atoms with van der Waals surface area (Å²) in [6.07, 6.45) is 7.82. The van der Waals surface area contributed by atoms with E-state index in [0.717, 1.165) is 43.2 Å². The normalized spacial score (nSPS) is 21.2. The second-order valence-electron chi connectivity index (χ2n) is 7.01. The second-order valence-corrected chi connectivity index (χ2v) is 7.01. The van der Waals surface area contributed by atoms with Crippen molar-refractivity contribution in [1.82, 2.24) is 4.98 Å². The SMILES string of the molecule is NC(=O)c1cccc2c1OCC(c1cncc(C3(O)CCCCC3)c1)O2. The van der Waals surface area contributed by atoms with Crippen LogP contribution in [0.25, 0.3) is 0 Å². The number of carbonyl (C=O) groups excluding carboxylic acids is 1. The number of hydrogen-bond donors (Lipinski definition) is 2. The van der Waals surface area contributed by atoms with E-state index in [1.807, 2.05) is 6.07 Å². The Morgan fingerprint density at radius 1 is 1.23 bits per heavy atom. The van der Waals surface area contributed by atoms with Crippen molar-refractivity contribution < 1.29 is 19.4 Å². The molecule has 1 aromatic heterocycles. The molecule has 0 saturated heterocycles. The van der Waals surface area contributed by atoms with E-state index >= 15 is 0 Å². The molecule has 1 saturated carbocycles. The van der Waals surface area contributed by atoms with Gasteiger partial charge >= 0.3 is 0 Å². The highest BCUT2D eigenvalue weighted by Gasteiger charge is 2.33. The third-order valence-electron chi connectivity index (χ3n) is 5.24. The molecular weight excluding hydrogens is 332 g/mol. The van der Waals surface area contributed by atoms with Gasteiger partial charge in [-0.15, -0.1) is 0 Å². The van der Waals surface area contributed by atoms with Gasteiger partial charge in [0.15, 0.2) is 17.6 Å². The first kappa shape index (κ1) is 16.8. The maximum absolute atomic E-state index is 11.5. The van der Waals surface area contributed by atoms with Crippen LogP contribution in [0.3, 0.4) is 0 Å². The van der Waals surface area contributed by atoms with Crippen LogP contribution in [0, 0.1) is 0 Å². The average Bonchev–Trinajstić information content (AvgIpc) is 2.67. The maximum atomic E-state index is 11.5. The summed E-state index contributed by atoms with van der Waals surface area (Å²) >= 11 is 0. The lowest BCUT2D eigenvalue weighted by Crippen LogP contribution is -2.29. The number of benzene rings is 1. The topological polar surface area (TPSA) is 94.7 Å². The van der Waals surface area contributed by atoms with Gasteiger partial charge in [0.05, 0.1) is 11.2 Å². The van der Waals surface area contributed by atoms with Crippen molar-refractivity contribution in [2.24, 2.45) is 5.73 Å². The average molecular weight is 354 g/mol. The molecular formula is C20H22N2O4. The molecule has 3 N–H and O–H groups in total. The van der Waals surface area contributed by atoms with Gasteiger partial charge in [0.25, 0.3) is 5.91 Å². The smallest absolute Gasteiger partial charge is 0.252 e. The molecule has 1 atom stereocenters. The lowest BCUT2D eigenvalue weighted by molar-refractivity contribution is -0.00128. The van der Waals surface area contributed by atoms with Crippen molar-refractivity contribution in [3.8, 4) is 11.5 Å². The third kappa shape index (κ3) is 3.01. The van der Waals surface area contributed by atoms with Crippen LogP contribution in [-0.2, 0) is 5.60 Å². The summed E-state index contributed by atoms with van der Waals surface area (Å²) in [5.74, 6) is 0.317. The van der Waals surface area contributed by atoms with Crippen LogP contribution >= 0.6 is 0 Å². The minimum atomic E-state index is -0.812. The van der Waals surface area contributed by atoms with Crippen LogP contribution in [0.4, 0.5) is 0 Å². The number of nitrogens with two attached hydrogens (primary N) is 1. The van der Waals surface area contributed by atoms with E-state index in [-0.39, 0.29) is 12.7 Å². The Morgan fingerprint density at radius 3 is 2.81 bits per heavy atom. The Bertz CT molecular complexity index is 830. The van der Waals surface area contributed by atoms with E-state index < -0.39 is 11.5 Å². The molecule has 0 spiro atoms. The first-order valence-electron chi connectivity index (χ1n) is 8.97. The molecule has 1 fully saturated rings. The van der Waals surface area contributed by atoms with Crippen LogP contribution in [0.15, 0.2) is 36.7 Å². The summed E-state index contributed by atoms with van der Waals surface area (Å²) in [5, 5.41) is 11.0. The monoisotopic (exact) mass is 354 g/mol. The molecule has 1 aliphatic carbocycles. The van der Waals surface area contributed by atoms with Crippen molar-refractivity contribution in [3.63, 3.8) is 0 Å². The molecule has 6 nitrogen and oxygen atoms in total. The first-order valence-corrected chi connectivity index (χ1v) is 8.97. The summed E-state index contributed by atoms with van der Waals surface area (Å²) in [6.45, 7) is 0.251. The molecule has 1 aromatic carbocycles. The summed E-state index contributed by atoms with van der Waals surface area (Å²) in [7, 11) is 0. The van der Waals surface area contributed by atoms with E-state index in [9.17, 15) is 9.90 Å². The van der Waals surface area contributed by atoms with Crippen LogP contribution < -0.4 is 15.2 Å². The number of nitrogens with zero attached hydrogens (tertiary/aromatic N) is 1. The van der Waals surface area contributed by atoms with Gasteiger partial charge in [-0.25, -0.2) is 0 Å². The zero-order chi connectivity index (χ0) is 18.1. The maximum Gasteiger partial charge on any atom is 0.252 e. The highest BCUT2D eigenvalue weighted by Crippen LogP contribution is 2.40. The first-order chi connectivity index (χ1) is 12.6. The standard InChI is InChI=1S/C20H22N2O4/c21-19(23)15-5-4-6-16-18(15)25-12-17(26-16)13-9-14(11-22-10-13)20(24)7-2-1-3-8-20/h4-6,9-11,17,24H,1-3,7-8,12H2,(H2,21,23). The molecule has 26 heavy (non-hydrogen) atoms. The van der Waals surface area contributed by atoms with E-state index in [0.29, 0.717) is 17.1 Å². The molecule has 0 radical (unpaired) electrons. The summed E-state index contributed by atoms with van der Waals surface area (Å²) in [6, 6.07) is 7.03. The van der Waals surface area contributed by atoms with E-state index in [4.69, 9.17) is 15.2 Å². The fraction of sp³-hybridized carbons (Fsp3) is 0.400. The van der Waals surface area contributed by atoms with Gasteiger partial charge in [0.2, 0.25) is 0 Å². The number of pyridine rings is 1. The third-order valence-corrected chi connectivity index (χ3v) is 5.24. The molecule has 136 valence electrons. The van der Waals surface area contributed by atoms with Gasteiger partial charge in [-0.3, -0.25) is 9.78 Å². The van der Waals surface area contributed by atoms with Crippen LogP contribution in [0.1, 0.15) is 59.7 Å². The highest BCUT2D eigenvalue weighted by atomic mass is 16.6. The predicted molar refractivity (Wildman–Crippen MR) is 95.0 cm³/mol. The summed E-state index contributed by atoms with van der Waals surface area (Å²) < 4.78 is 11.8. The van der Waals surface area contributed by atoms with E-state index in [1.165, 1.54) is 0 Å². The van der Waals surface area contributed by atoms with E-state index in [1.54, 1.807) is 30.6 Å². The zero-order valence-corrected chi connectivity index (χ0v) is 14.5. The van der Waals surface area contributed by atoms with Crippen molar-refractivity contribution in [2.75, 3.05) is 6.61 Å². The van der Waals surface area contributed by atoms with Gasteiger partial charge in [0, 0.05) is 23.5 Å². The Morgan fingerprint density at radius 2 is 2.04 bits per heavy atom. The number of primary amides is 1. The Hall–Kier alpha value is -2.60. The highest BCUT2D eigenvalue weighted by molar-refractivity contribution is 5.96. The molecule has 6 heteroatoms. The minimum Gasteiger partial charge on any atom is -0.485 e. The van der Waals surface area contributed by atoms with Crippen LogP contribution in [0.2, 0.25) is 0 Å². The van der Waals surface area contributed by atoms with E-state index in [2.05, 4.69) is 4.98 Å². The molecule has 4 rings (SSSR count). The Balaban J connectivity index is 1.61. The molecule has 1 amide bonds. The Labute approximate surface area is 152 Å². The van der Waals surface area contributed by atoms with Gasteiger partial charge in [-0.2, -0.15) is 0 Å². The number of rotatable bonds is 3. The lowest BCUT2D eigenvalue weighted by atomic mass is 9.80. The summed E-state index contributed by atoms with van der Waals surface area (Å²) in [5.41, 5.74) is 6.56.